The highest BCUT2D eigenvalue weighted by Gasteiger charge is 2.89. The van der Waals surface area contributed by atoms with Gasteiger partial charge < -0.3 is 0 Å². The highest BCUT2D eigenvalue weighted by atomic mass is 16.7. The third-order valence-corrected chi connectivity index (χ3v) is 5.18. The molecule has 0 aromatic carbocycles. The standard InChI is InChI=1S/C6H6N12O12/c19-13(20)7-1-2-8(14(21)22)5(7)6-9(15(23)24)3(11(1)17(27)28)4(10(6)16(25)26)12(2)18(29)30/h1-6H/t1-,2?,3?,4-,5?,6?/m1/s1. The topological polar surface area (TPSA) is 278 Å². The van der Waals surface area contributed by atoms with Gasteiger partial charge in [0, 0.05) is 0 Å². The van der Waals surface area contributed by atoms with Crippen molar-refractivity contribution in [1.29, 1.82) is 0 Å². The van der Waals surface area contributed by atoms with Crippen molar-refractivity contribution in [2.45, 2.75) is 37.0 Å². The Kier molecular flexibility index (Phi) is 3.33. The lowest BCUT2D eigenvalue weighted by Crippen LogP contribution is -2.77. The fraction of sp³-hybridized carbons (Fsp3) is 1.00. The van der Waals surface area contributed by atoms with Crippen LogP contribution in [0, 0.1) is 60.7 Å². The Morgan fingerprint density at radius 1 is 0.333 bits per heavy atom. The van der Waals surface area contributed by atoms with Gasteiger partial charge in [-0.2, -0.15) is 0 Å². The van der Waals surface area contributed by atoms with Gasteiger partial charge in [-0.3, -0.25) is 0 Å². The van der Waals surface area contributed by atoms with E-state index in [1.807, 2.05) is 0 Å². The molecule has 5 heterocycles. The van der Waals surface area contributed by atoms with Crippen LogP contribution in [0.4, 0.5) is 0 Å². The number of nitrogens with zero attached hydrogens (tertiary/aromatic N) is 12. The maximum absolute atomic E-state index is 11.7. The van der Waals surface area contributed by atoms with Crippen LogP contribution in [0.5, 0.6) is 0 Å². The first kappa shape index (κ1) is 18.6. The van der Waals surface area contributed by atoms with Gasteiger partial charge in [-0.1, -0.05) is 30.1 Å². The van der Waals surface area contributed by atoms with E-state index >= 15 is 0 Å². The monoisotopic (exact) mass is 438 g/mol. The third-order valence-electron chi connectivity index (χ3n) is 5.18. The lowest BCUT2D eigenvalue weighted by molar-refractivity contribution is -0.792. The van der Waals surface area contributed by atoms with E-state index in [0.29, 0.717) is 0 Å². The summed E-state index contributed by atoms with van der Waals surface area (Å²) in [5, 5.41) is 60.5. The van der Waals surface area contributed by atoms with Crippen LogP contribution in [0.25, 0.3) is 0 Å². The van der Waals surface area contributed by atoms with Crippen molar-refractivity contribution in [3.05, 3.63) is 60.7 Å². The number of hydrogen-bond donors (Lipinski definition) is 0. The summed E-state index contributed by atoms with van der Waals surface area (Å²) in [6.07, 6.45) is -14.4. The van der Waals surface area contributed by atoms with E-state index in [0.717, 1.165) is 0 Å². The van der Waals surface area contributed by atoms with Gasteiger partial charge in [-0.15, -0.1) is 0 Å². The van der Waals surface area contributed by atoms with Crippen molar-refractivity contribution >= 4 is 0 Å². The summed E-state index contributed by atoms with van der Waals surface area (Å²) in [6.45, 7) is 0. The fourth-order valence-corrected chi connectivity index (χ4v) is 4.46. The van der Waals surface area contributed by atoms with E-state index in [2.05, 4.69) is 0 Å². The van der Waals surface area contributed by atoms with Crippen LogP contribution in [-0.4, -0.2) is 97.2 Å². The molecule has 5 aliphatic heterocycles. The van der Waals surface area contributed by atoms with Crippen molar-refractivity contribution < 1.29 is 30.2 Å². The van der Waals surface area contributed by atoms with E-state index in [-0.39, 0.29) is 30.1 Å². The molecule has 0 unspecified atom stereocenters. The van der Waals surface area contributed by atoms with E-state index < -0.39 is 67.2 Å². The lowest BCUT2D eigenvalue weighted by Gasteiger charge is -2.39. The minimum atomic E-state index is -2.47. The molecule has 0 aromatic heterocycles. The predicted octanol–water partition coefficient (Wildman–Crippen LogP) is -4.04. The smallest absolute Gasteiger partial charge is 0.235 e. The molecule has 5 aliphatic rings. The minimum absolute atomic E-state index is 0.180. The molecule has 0 radical (unpaired) electrons. The molecule has 0 spiro atoms. The number of piperazine rings is 1. The van der Waals surface area contributed by atoms with Crippen molar-refractivity contribution in [2.75, 3.05) is 0 Å². The summed E-state index contributed by atoms with van der Waals surface area (Å²) in [7, 11) is 0. The van der Waals surface area contributed by atoms with Crippen LogP contribution in [0.15, 0.2) is 0 Å². The number of hydrogen-bond acceptors (Lipinski definition) is 12. The van der Waals surface area contributed by atoms with Gasteiger partial charge in [0.15, 0.2) is 30.2 Å². The van der Waals surface area contributed by atoms with E-state index in [1.54, 1.807) is 0 Å². The molecule has 162 valence electrons. The van der Waals surface area contributed by atoms with Crippen LogP contribution < -0.4 is 0 Å². The predicted molar refractivity (Wildman–Crippen MR) is 75.7 cm³/mol. The fourth-order valence-electron chi connectivity index (χ4n) is 4.46. The molecule has 24 nitrogen and oxygen atoms in total. The normalized spacial score (nSPS) is 33.2. The van der Waals surface area contributed by atoms with Crippen molar-refractivity contribution in [1.82, 2.24) is 30.1 Å². The first-order valence-corrected chi connectivity index (χ1v) is 7.49. The van der Waals surface area contributed by atoms with Gasteiger partial charge in [0.25, 0.3) is 37.0 Å². The SMILES string of the molecule is O=[N+]([O-])N1C2C3N([N+](=O)[O-])C4[C@H](N3[N+](=O)[O-])N([N+](=O)[O-])C1[C@H](N2[N+](=O)[O-])N4[N+](=O)[O-]. The zero-order valence-corrected chi connectivity index (χ0v) is 13.7. The summed E-state index contributed by atoms with van der Waals surface area (Å²) in [6, 6.07) is 0. The van der Waals surface area contributed by atoms with Gasteiger partial charge in [0.2, 0.25) is 0 Å². The first-order chi connectivity index (χ1) is 13.9. The molecule has 0 aliphatic carbocycles. The molecular weight excluding hydrogens is 432 g/mol. The minimum Gasteiger partial charge on any atom is -0.235 e. The van der Waals surface area contributed by atoms with Crippen LogP contribution in [-0.2, 0) is 0 Å². The van der Waals surface area contributed by atoms with Gasteiger partial charge in [-0.25, -0.2) is 60.7 Å². The van der Waals surface area contributed by atoms with E-state index in [1.165, 1.54) is 0 Å². The molecule has 6 bridgehead atoms. The largest absolute Gasteiger partial charge is 0.272 e. The van der Waals surface area contributed by atoms with Crippen molar-refractivity contribution in [3.8, 4) is 0 Å². The summed E-state index contributed by atoms with van der Waals surface area (Å²) in [5.41, 5.74) is 0. The second kappa shape index (κ2) is 5.38. The van der Waals surface area contributed by atoms with Gasteiger partial charge in [0.05, 0.1) is 0 Å². The first-order valence-electron chi connectivity index (χ1n) is 7.49. The Morgan fingerprint density at radius 3 is 0.500 bits per heavy atom. The Bertz CT molecular complexity index is 782. The van der Waals surface area contributed by atoms with Gasteiger partial charge >= 0.3 is 0 Å². The molecule has 5 saturated heterocycles. The maximum atomic E-state index is 11.7. The van der Waals surface area contributed by atoms with Gasteiger partial charge in [0.1, 0.15) is 0 Å². The second-order valence-electron chi connectivity index (χ2n) is 6.19. The van der Waals surface area contributed by atoms with Crippen LogP contribution in [0.3, 0.4) is 0 Å². The van der Waals surface area contributed by atoms with Crippen LogP contribution >= 0.6 is 0 Å². The van der Waals surface area contributed by atoms with Crippen molar-refractivity contribution in [2.24, 2.45) is 0 Å². The van der Waals surface area contributed by atoms with E-state index in [9.17, 15) is 60.7 Å². The quantitative estimate of drug-likeness (QED) is 0.281. The van der Waals surface area contributed by atoms with E-state index in [4.69, 9.17) is 0 Å². The molecule has 24 heteroatoms. The lowest BCUT2D eigenvalue weighted by atomic mass is 10.2. The average Bonchev–Trinajstić information content (AvgIpc) is 3.03. The Balaban J connectivity index is 2.12. The molecule has 0 aromatic rings. The summed E-state index contributed by atoms with van der Waals surface area (Å²) < 4.78 is 0. The third kappa shape index (κ3) is 1.82. The zero-order valence-electron chi connectivity index (χ0n) is 13.7. The zero-order chi connectivity index (χ0) is 22.4. The number of nitro groups is 6. The molecule has 0 saturated carbocycles. The van der Waals surface area contributed by atoms with Crippen LogP contribution in [0.1, 0.15) is 0 Å². The molecule has 0 atom stereocenters. The Labute approximate surface area is 159 Å². The highest BCUT2D eigenvalue weighted by molar-refractivity contribution is 5.09. The maximum Gasteiger partial charge on any atom is 0.272 e. The molecular formula is C6H6N12O12. The Hall–Kier alpha value is -4.80. The molecule has 5 fully saturated rings. The highest BCUT2D eigenvalue weighted by Crippen LogP contribution is 2.51. The summed E-state index contributed by atoms with van der Waals surface area (Å²) in [4.78, 5) is 69.9. The molecule has 5 rings (SSSR count). The molecule has 0 amide bonds. The second-order valence-corrected chi connectivity index (χ2v) is 6.19. The van der Waals surface area contributed by atoms with Gasteiger partial charge in [-0.05, 0) is 0 Å². The molecule has 30 heavy (non-hydrogen) atoms. The average molecular weight is 438 g/mol. The number of rotatable bonds is 6. The molecule has 0 N–H and O–H groups in total. The van der Waals surface area contributed by atoms with Crippen molar-refractivity contribution in [3.63, 3.8) is 0 Å². The summed E-state index contributed by atoms with van der Waals surface area (Å²) in [5.74, 6) is 0. The number of hydrazine groups is 6. The summed E-state index contributed by atoms with van der Waals surface area (Å²) >= 11 is 0. The Morgan fingerprint density at radius 2 is 0.433 bits per heavy atom. The van der Waals surface area contributed by atoms with Crippen LogP contribution in [0.2, 0.25) is 0 Å².